The quantitative estimate of drug-likeness (QED) is 0.406. The number of hydrogen-bond donors (Lipinski definition) is 2. The van der Waals surface area contributed by atoms with Gasteiger partial charge in [-0.05, 0) is 82.9 Å². The Morgan fingerprint density at radius 2 is 1.72 bits per heavy atom. The third kappa shape index (κ3) is 8.62. The topological polar surface area (TPSA) is 132 Å². The van der Waals surface area contributed by atoms with Crippen LogP contribution in [0.4, 0.5) is 14.9 Å². The second-order valence-electron chi connectivity index (χ2n) is 15.0. The first-order valence-corrected chi connectivity index (χ1v) is 17.3. The van der Waals surface area contributed by atoms with Gasteiger partial charge in [0.1, 0.15) is 18.0 Å². The van der Waals surface area contributed by atoms with Crippen LogP contribution in [0, 0.1) is 5.82 Å². The Hall–Kier alpha value is -4.07. The number of nitrogens with zero attached hydrogens (tertiary/aromatic N) is 4. The van der Waals surface area contributed by atoms with E-state index in [1.54, 1.807) is 28.9 Å². The number of anilines is 1. The maximum Gasteiger partial charge on any atom is 0.410 e. The molecule has 2 saturated heterocycles. The van der Waals surface area contributed by atoms with E-state index in [4.69, 9.17) is 9.47 Å². The van der Waals surface area contributed by atoms with Gasteiger partial charge in [0, 0.05) is 56.5 Å². The Bertz CT molecular complexity index is 1580. The molecule has 4 atom stereocenters. The van der Waals surface area contributed by atoms with E-state index >= 15 is 0 Å². The first-order valence-electron chi connectivity index (χ1n) is 17.3. The minimum Gasteiger partial charge on any atom is -0.480 e. The lowest BCUT2D eigenvalue weighted by atomic mass is 9.83. The highest BCUT2D eigenvalue weighted by atomic mass is 19.1. The SMILES string of the molecule is C[C@@H]1COCCN1C[C@H]1CN(C(=O)OC(C)(C)C)[C@H](C)CN1CC(=O)N1C[C@@](C)(C(=O)NCC(=O)O)c2ccc(Cc3ccc(F)cc3)cc21. The molecule has 3 aliphatic heterocycles. The van der Waals surface area contributed by atoms with Crippen molar-refractivity contribution in [2.75, 3.05) is 63.9 Å². The summed E-state index contributed by atoms with van der Waals surface area (Å²) in [6.45, 7) is 14.2. The van der Waals surface area contributed by atoms with Crippen LogP contribution in [-0.4, -0.2) is 126 Å². The van der Waals surface area contributed by atoms with Gasteiger partial charge >= 0.3 is 12.1 Å². The van der Waals surface area contributed by atoms with Crippen LogP contribution in [-0.2, 0) is 35.7 Å². The zero-order valence-corrected chi connectivity index (χ0v) is 29.9. The Balaban J connectivity index is 1.43. The molecule has 0 saturated carbocycles. The molecule has 2 aromatic carbocycles. The lowest BCUT2D eigenvalue weighted by Gasteiger charge is -2.47. The van der Waals surface area contributed by atoms with Crippen molar-refractivity contribution in [1.82, 2.24) is 20.0 Å². The van der Waals surface area contributed by atoms with Crippen molar-refractivity contribution < 1.29 is 38.1 Å². The maximum atomic E-state index is 14.4. The summed E-state index contributed by atoms with van der Waals surface area (Å²) in [6, 6.07) is 11.6. The van der Waals surface area contributed by atoms with Crippen molar-refractivity contribution >= 4 is 29.6 Å². The normalized spacial score (nSPS) is 24.5. The van der Waals surface area contributed by atoms with Crippen LogP contribution < -0.4 is 10.2 Å². The van der Waals surface area contributed by atoms with Crippen molar-refractivity contribution in [2.45, 2.75) is 77.1 Å². The summed E-state index contributed by atoms with van der Waals surface area (Å²) in [5, 5.41) is 11.8. The Morgan fingerprint density at radius 1 is 1.02 bits per heavy atom. The molecule has 5 rings (SSSR count). The fraction of sp³-hybridized carbons (Fsp3) is 0.568. The summed E-state index contributed by atoms with van der Waals surface area (Å²) in [5.41, 5.74) is 1.13. The van der Waals surface area contributed by atoms with Crippen molar-refractivity contribution in [1.29, 1.82) is 0 Å². The number of aliphatic carboxylic acids is 1. The summed E-state index contributed by atoms with van der Waals surface area (Å²) in [6.07, 6.45) is 0.0999. The van der Waals surface area contributed by atoms with E-state index in [0.29, 0.717) is 50.5 Å². The molecule has 0 radical (unpaired) electrons. The molecule has 2 aromatic rings. The van der Waals surface area contributed by atoms with Gasteiger partial charge in [-0.3, -0.25) is 24.2 Å². The second kappa shape index (κ2) is 15.0. The number of piperazine rings is 1. The van der Waals surface area contributed by atoms with Crippen molar-refractivity contribution in [2.24, 2.45) is 0 Å². The molecule has 0 bridgehead atoms. The summed E-state index contributed by atoms with van der Waals surface area (Å²) < 4.78 is 25.0. The number of hydrogen-bond acceptors (Lipinski definition) is 8. The standard InChI is InChI=1S/C37H50FN5O7/c1-24-18-41(29(19-40-13-14-49-22-25(40)2)20-42(24)35(48)50-36(3,4)5)21-32(44)43-23-37(6,34(47)39-17-33(45)46)30-12-9-27(16-31(30)43)15-26-7-10-28(38)11-8-26/h7-12,16,24-25,29H,13-15,17-23H2,1-6H3,(H,39,47)(H,45,46)/t24-,25-,29+,37-/m1/s1. The first-order chi connectivity index (χ1) is 23.5. The number of morpholine rings is 1. The Morgan fingerprint density at radius 3 is 2.38 bits per heavy atom. The minimum absolute atomic E-state index is 0.0329. The van der Waals surface area contributed by atoms with Gasteiger partial charge in [-0.2, -0.15) is 0 Å². The Kier molecular flexibility index (Phi) is 11.2. The molecule has 0 unspecified atom stereocenters. The minimum atomic E-state index is -1.19. The number of halogens is 1. The average Bonchev–Trinajstić information content (AvgIpc) is 3.35. The molecule has 3 aliphatic rings. The molecule has 3 heterocycles. The molecular formula is C37H50FN5O7. The number of carboxylic acids is 1. The summed E-state index contributed by atoms with van der Waals surface area (Å²) in [4.78, 5) is 60.4. The Labute approximate surface area is 293 Å². The molecular weight excluding hydrogens is 645 g/mol. The number of carbonyl (C=O) groups is 4. The van der Waals surface area contributed by atoms with E-state index in [2.05, 4.69) is 22.0 Å². The molecule has 0 aromatic heterocycles. The highest BCUT2D eigenvalue weighted by Crippen LogP contribution is 2.42. The first kappa shape index (κ1) is 37.2. The van der Waals surface area contributed by atoms with E-state index in [9.17, 15) is 28.7 Å². The van der Waals surface area contributed by atoms with Crippen LogP contribution in [0.15, 0.2) is 42.5 Å². The lowest BCUT2D eigenvalue weighted by Crippen LogP contribution is -2.64. The number of amides is 3. The molecule has 0 spiro atoms. The predicted octanol–water partition coefficient (Wildman–Crippen LogP) is 3.25. The smallest absolute Gasteiger partial charge is 0.410 e. The van der Waals surface area contributed by atoms with Crippen molar-refractivity contribution in [3.63, 3.8) is 0 Å². The van der Waals surface area contributed by atoms with Crippen molar-refractivity contribution in [3.05, 3.63) is 65.0 Å². The van der Waals surface area contributed by atoms with Crippen molar-refractivity contribution in [3.8, 4) is 0 Å². The van der Waals surface area contributed by atoms with Gasteiger partial charge in [-0.1, -0.05) is 24.3 Å². The predicted molar refractivity (Wildman–Crippen MR) is 186 cm³/mol. The van der Waals surface area contributed by atoms with Gasteiger partial charge in [0.15, 0.2) is 0 Å². The zero-order valence-electron chi connectivity index (χ0n) is 29.9. The fourth-order valence-corrected chi connectivity index (χ4v) is 7.08. The van der Waals surface area contributed by atoms with Crippen LogP contribution in [0.1, 0.15) is 58.2 Å². The summed E-state index contributed by atoms with van der Waals surface area (Å²) in [5.74, 6) is -2.19. The van der Waals surface area contributed by atoms with Gasteiger partial charge in [0.2, 0.25) is 11.8 Å². The van der Waals surface area contributed by atoms with Crippen LogP contribution >= 0.6 is 0 Å². The van der Waals surface area contributed by atoms with Gasteiger partial charge < -0.3 is 29.7 Å². The number of carbonyl (C=O) groups excluding carboxylic acids is 3. The van der Waals surface area contributed by atoms with E-state index in [-0.39, 0.29) is 49.0 Å². The van der Waals surface area contributed by atoms with Gasteiger partial charge in [-0.15, -0.1) is 0 Å². The van der Waals surface area contributed by atoms with E-state index in [0.717, 1.165) is 17.7 Å². The third-order valence-electron chi connectivity index (χ3n) is 9.82. The highest BCUT2D eigenvalue weighted by molar-refractivity contribution is 6.03. The number of benzene rings is 2. The van der Waals surface area contributed by atoms with E-state index in [1.807, 2.05) is 45.9 Å². The summed E-state index contributed by atoms with van der Waals surface area (Å²) in [7, 11) is 0. The number of fused-ring (bicyclic) bond motifs is 1. The number of nitrogens with one attached hydrogen (secondary N) is 1. The molecule has 12 nitrogen and oxygen atoms in total. The van der Waals surface area contributed by atoms with Crippen LogP contribution in [0.3, 0.4) is 0 Å². The molecule has 0 aliphatic carbocycles. The molecule has 13 heteroatoms. The maximum absolute atomic E-state index is 14.4. The average molecular weight is 696 g/mol. The lowest BCUT2D eigenvalue weighted by molar-refractivity contribution is -0.138. The van der Waals surface area contributed by atoms with Crippen LogP contribution in [0.5, 0.6) is 0 Å². The van der Waals surface area contributed by atoms with Crippen LogP contribution in [0.2, 0.25) is 0 Å². The highest BCUT2D eigenvalue weighted by Gasteiger charge is 2.48. The monoisotopic (exact) mass is 695 g/mol. The number of rotatable bonds is 9. The molecule has 2 fully saturated rings. The second-order valence-corrected chi connectivity index (χ2v) is 15.0. The zero-order chi connectivity index (χ0) is 36.4. The van der Waals surface area contributed by atoms with Gasteiger partial charge in [0.25, 0.3) is 0 Å². The molecule has 272 valence electrons. The third-order valence-corrected chi connectivity index (χ3v) is 9.82. The van der Waals surface area contributed by atoms with E-state index < -0.39 is 29.4 Å². The summed E-state index contributed by atoms with van der Waals surface area (Å²) >= 11 is 0. The fourth-order valence-electron chi connectivity index (χ4n) is 7.08. The van der Waals surface area contributed by atoms with Gasteiger partial charge in [-0.25, -0.2) is 9.18 Å². The van der Waals surface area contributed by atoms with E-state index in [1.165, 1.54) is 12.1 Å². The molecule has 2 N–H and O–H groups in total. The van der Waals surface area contributed by atoms with Gasteiger partial charge in [0.05, 0.1) is 25.2 Å². The van der Waals surface area contributed by atoms with Crippen LogP contribution in [0.25, 0.3) is 0 Å². The number of carboxylic acid groups (broad SMARTS) is 1. The number of ether oxygens (including phenoxy) is 2. The largest absolute Gasteiger partial charge is 0.480 e. The molecule has 3 amide bonds. The molecule has 50 heavy (non-hydrogen) atoms.